The van der Waals surface area contributed by atoms with E-state index in [0.29, 0.717) is 10.6 Å². The summed E-state index contributed by atoms with van der Waals surface area (Å²) >= 11 is 1.52. The van der Waals surface area contributed by atoms with Crippen LogP contribution in [0.5, 0.6) is 0 Å². The molecule has 4 nitrogen and oxygen atoms in total. The number of fused-ring (bicyclic) bond motifs is 1. The molecule has 2 N–H and O–H groups in total. The first-order valence-corrected chi connectivity index (χ1v) is 7.69. The van der Waals surface area contributed by atoms with Crippen LogP contribution in [0, 0.1) is 18.3 Å². The predicted octanol–water partition coefficient (Wildman–Crippen LogP) is 4.06. The van der Waals surface area contributed by atoms with Crippen LogP contribution in [-0.4, -0.2) is 6.03 Å². The van der Waals surface area contributed by atoms with Gasteiger partial charge in [-0.1, -0.05) is 18.2 Å². The van der Waals surface area contributed by atoms with E-state index in [2.05, 4.69) is 16.7 Å². The van der Waals surface area contributed by atoms with Crippen LogP contribution in [-0.2, 0) is 12.8 Å². The first kappa shape index (κ1) is 13.7. The van der Waals surface area contributed by atoms with E-state index in [4.69, 9.17) is 0 Å². The minimum Gasteiger partial charge on any atom is -0.307 e. The molecular formula is C16H15N3OS. The second-order valence-corrected chi connectivity index (χ2v) is 6.17. The maximum Gasteiger partial charge on any atom is 0.324 e. The zero-order valence-corrected chi connectivity index (χ0v) is 12.5. The Hall–Kier alpha value is -2.32. The van der Waals surface area contributed by atoms with E-state index >= 15 is 0 Å². The van der Waals surface area contributed by atoms with Gasteiger partial charge >= 0.3 is 6.03 Å². The van der Waals surface area contributed by atoms with Crippen molar-refractivity contribution < 1.29 is 4.79 Å². The summed E-state index contributed by atoms with van der Waals surface area (Å²) in [6.07, 6.45) is 3.05. The lowest BCUT2D eigenvalue weighted by molar-refractivity contribution is 0.262. The first-order chi connectivity index (χ1) is 10.2. The van der Waals surface area contributed by atoms with Crippen molar-refractivity contribution in [3.63, 3.8) is 0 Å². The molecule has 21 heavy (non-hydrogen) atoms. The van der Waals surface area contributed by atoms with Crippen molar-refractivity contribution in [1.29, 1.82) is 5.26 Å². The fourth-order valence-electron chi connectivity index (χ4n) is 2.58. The van der Waals surface area contributed by atoms with Crippen molar-refractivity contribution in [2.75, 3.05) is 10.6 Å². The van der Waals surface area contributed by atoms with Gasteiger partial charge in [0, 0.05) is 10.6 Å². The minimum absolute atomic E-state index is 0.305. The van der Waals surface area contributed by atoms with Crippen molar-refractivity contribution in [1.82, 2.24) is 0 Å². The number of hydrogen-bond donors (Lipinski definition) is 2. The van der Waals surface area contributed by atoms with Crippen LogP contribution < -0.4 is 10.6 Å². The van der Waals surface area contributed by atoms with Gasteiger partial charge in [-0.15, -0.1) is 11.3 Å². The Morgan fingerprint density at radius 3 is 2.86 bits per heavy atom. The Morgan fingerprint density at radius 2 is 2.10 bits per heavy atom. The largest absolute Gasteiger partial charge is 0.324 e. The second-order valence-electron chi connectivity index (χ2n) is 5.07. The summed E-state index contributed by atoms with van der Waals surface area (Å²) in [6, 6.07) is 9.52. The number of rotatable bonds is 2. The fraction of sp³-hybridized carbons (Fsp3) is 0.250. The molecule has 0 spiro atoms. The highest BCUT2D eigenvalue weighted by Crippen LogP contribution is 2.38. The third kappa shape index (κ3) is 2.63. The quantitative estimate of drug-likeness (QED) is 0.878. The molecule has 2 amide bonds. The van der Waals surface area contributed by atoms with Crippen molar-refractivity contribution in [3.8, 4) is 6.07 Å². The van der Waals surface area contributed by atoms with Crippen molar-refractivity contribution in [3.05, 3.63) is 45.8 Å². The number of carbonyl (C=O) groups excluding carboxylic acids is 1. The van der Waals surface area contributed by atoms with E-state index in [1.807, 2.05) is 31.2 Å². The molecule has 1 aliphatic rings. The van der Waals surface area contributed by atoms with Gasteiger partial charge < -0.3 is 5.32 Å². The van der Waals surface area contributed by atoms with Gasteiger partial charge in [0.15, 0.2) is 0 Å². The van der Waals surface area contributed by atoms with Gasteiger partial charge in [-0.2, -0.15) is 5.26 Å². The second kappa shape index (κ2) is 5.58. The Morgan fingerprint density at radius 1 is 1.29 bits per heavy atom. The van der Waals surface area contributed by atoms with Crippen LogP contribution in [0.2, 0.25) is 0 Å². The topological polar surface area (TPSA) is 64.9 Å². The molecule has 1 aliphatic carbocycles. The van der Waals surface area contributed by atoms with Crippen LogP contribution >= 0.6 is 11.3 Å². The third-order valence-electron chi connectivity index (χ3n) is 3.65. The number of para-hydroxylation sites is 1. The number of aryl methyl sites for hydroxylation is 2. The number of carbonyl (C=O) groups is 1. The number of hydrogen-bond acceptors (Lipinski definition) is 3. The number of anilines is 2. The lowest BCUT2D eigenvalue weighted by atomic mass is 10.1. The van der Waals surface area contributed by atoms with Crippen molar-refractivity contribution >= 4 is 28.1 Å². The monoisotopic (exact) mass is 297 g/mol. The van der Waals surface area contributed by atoms with Crippen molar-refractivity contribution in [2.45, 2.75) is 26.2 Å². The molecule has 0 saturated carbocycles. The molecule has 0 atom stereocenters. The highest BCUT2D eigenvalue weighted by molar-refractivity contribution is 7.16. The molecule has 1 aromatic carbocycles. The van der Waals surface area contributed by atoms with Gasteiger partial charge in [0.05, 0.1) is 5.56 Å². The number of nitrogens with one attached hydrogen (secondary N) is 2. The molecule has 0 bridgehead atoms. The Labute approximate surface area is 127 Å². The summed E-state index contributed by atoms with van der Waals surface area (Å²) in [6.45, 7) is 1.94. The van der Waals surface area contributed by atoms with Gasteiger partial charge in [-0.05, 0) is 43.4 Å². The fourth-order valence-corrected chi connectivity index (χ4v) is 3.82. The van der Waals surface area contributed by atoms with Gasteiger partial charge in [0.1, 0.15) is 11.1 Å². The molecule has 3 rings (SSSR count). The average molecular weight is 297 g/mol. The van der Waals surface area contributed by atoms with E-state index < -0.39 is 0 Å². The lowest BCUT2D eigenvalue weighted by Gasteiger charge is -2.09. The molecule has 0 fully saturated rings. The molecule has 0 saturated heterocycles. The summed E-state index contributed by atoms with van der Waals surface area (Å²) in [4.78, 5) is 13.3. The Kier molecular flexibility index (Phi) is 3.63. The predicted molar refractivity (Wildman–Crippen MR) is 84.9 cm³/mol. The van der Waals surface area contributed by atoms with E-state index in [0.717, 1.165) is 36.1 Å². The molecule has 0 radical (unpaired) electrons. The molecular weight excluding hydrogens is 282 g/mol. The van der Waals surface area contributed by atoms with Crippen LogP contribution in [0.3, 0.4) is 0 Å². The molecule has 1 aromatic heterocycles. The maximum absolute atomic E-state index is 12.1. The molecule has 5 heteroatoms. The van der Waals surface area contributed by atoms with E-state index in [1.165, 1.54) is 16.2 Å². The zero-order chi connectivity index (χ0) is 14.8. The van der Waals surface area contributed by atoms with Crippen LogP contribution in [0.25, 0.3) is 0 Å². The van der Waals surface area contributed by atoms with Gasteiger partial charge in [0.25, 0.3) is 0 Å². The summed E-state index contributed by atoms with van der Waals surface area (Å²) in [7, 11) is 0. The normalized spacial score (nSPS) is 12.6. The summed E-state index contributed by atoms with van der Waals surface area (Å²) < 4.78 is 0. The van der Waals surface area contributed by atoms with E-state index in [1.54, 1.807) is 0 Å². The van der Waals surface area contributed by atoms with E-state index in [-0.39, 0.29) is 6.03 Å². The molecule has 1 heterocycles. The highest BCUT2D eigenvalue weighted by Gasteiger charge is 2.23. The smallest absolute Gasteiger partial charge is 0.307 e. The molecule has 0 unspecified atom stereocenters. The number of amides is 2. The number of urea groups is 1. The van der Waals surface area contributed by atoms with Crippen LogP contribution in [0.15, 0.2) is 24.3 Å². The van der Waals surface area contributed by atoms with Crippen LogP contribution in [0.1, 0.15) is 28.0 Å². The molecule has 0 aliphatic heterocycles. The summed E-state index contributed by atoms with van der Waals surface area (Å²) in [5.41, 5.74) is 3.53. The summed E-state index contributed by atoms with van der Waals surface area (Å²) in [5.74, 6) is 0. The Bertz CT molecular complexity index is 742. The van der Waals surface area contributed by atoms with Crippen molar-refractivity contribution in [2.24, 2.45) is 0 Å². The van der Waals surface area contributed by atoms with Crippen LogP contribution in [0.4, 0.5) is 15.5 Å². The molecule has 2 aromatic rings. The first-order valence-electron chi connectivity index (χ1n) is 6.87. The lowest BCUT2D eigenvalue weighted by Crippen LogP contribution is -2.19. The average Bonchev–Trinajstić information content (AvgIpc) is 3.01. The summed E-state index contributed by atoms with van der Waals surface area (Å²) in [5, 5.41) is 15.6. The molecule has 106 valence electrons. The zero-order valence-electron chi connectivity index (χ0n) is 11.7. The van der Waals surface area contributed by atoms with E-state index in [9.17, 15) is 10.1 Å². The number of nitriles is 1. The maximum atomic E-state index is 12.1. The van der Waals surface area contributed by atoms with Gasteiger partial charge in [-0.3, -0.25) is 5.32 Å². The highest BCUT2D eigenvalue weighted by atomic mass is 32.1. The van der Waals surface area contributed by atoms with Gasteiger partial charge in [-0.25, -0.2) is 4.79 Å². The SMILES string of the molecule is Cc1ccccc1NC(=O)Nc1sc2c(c1C#N)CCC2. The number of thiophene rings is 1. The van der Waals surface area contributed by atoms with Gasteiger partial charge in [0.2, 0.25) is 0 Å². The number of benzene rings is 1. The minimum atomic E-state index is -0.305. The third-order valence-corrected chi connectivity index (χ3v) is 4.86. The Balaban J connectivity index is 1.77. The standard InChI is InChI=1S/C16H15N3OS/c1-10-5-2-3-7-13(10)18-16(20)19-15-12(9-17)11-6-4-8-14(11)21-15/h2-3,5,7H,4,6,8H2,1H3,(H2,18,19,20). The number of nitrogens with zero attached hydrogens (tertiary/aromatic N) is 1.